The minimum atomic E-state index is -0.703. The first-order valence-electron chi connectivity index (χ1n) is 9.41. The molecular formula is C19H28N2O4. The second-order valence-electron chi connectivity index (χ2n) is 7.28. The largest absolute Gasteiger partial charge is 0.467 e. The van der Waals surface area contributed by atoms with Gasteiger partial charge in [-0.15, -0.1) is 0 Å². The van der Waals surface area contributed by atoms with E-state index in [-0.39, 0.29) is 24.4 Å². The number of aliphatic hydroxyl groups is 1. The summed E-state index contributed by atoms with van der Waals surface area (Å²) in [5.74, 6) is 0.933. The lowest BCUT2D eigenvalue weighted by Gasteiger charge is -2.26. The van der Waals surface area contributed by atoms with Crippen LogP contribution in [0.4, 0.5) is 0 Å². The predicted octanol–water partition coefficient (Wildman–Crippen LogP) is 2.39. The molecule has 1 aliphatic carbocycles. The second-order valence-corrected chi connectivity index (χ2v) is 7.28. The Labute approximate surface area is 148 Å². The number of rotatable bonds is 7. The third-order valence-corrected chi connectivity index (χ3v) is 5.45. The fourth-order valence-electron chi connectivity index (χ4n) is 4.09. The van der Waals surface area contributed by atoms with E-state index < -0.39 is 6.10 Å². The minimum absolute atomic E-state index is 0.000617. The molecule has 0 bridgehead atoms. The van der Waals surface area contributed by atoms with E-state index in [1.807, 2.05) is 0 Å². The van der Waals surface area contributed by atoms with Gasteiger partial charge in [-0.2, -0.15) is 0 Å². The average Bonchev–Trinajstić information content (AvgIpc) is 3.34. The molecule has 25 heavy (non-hydrogen) atoms. The van der Waals surface area contributed by atoms with Gasteiger partial charge in [-0.25, -0.2) is 0 Å². The highest BCUT2D eigenvalue weighted by atomic mass is 16.4. The van der Waals surface area contributed by atoms with Crippen LogP contribution < -0.4 is 5.32 Å². The molecule has 1 aromatic rings. The van der Waals surface area contributed by atoms with Gasteiger partial charge < -0.3 is 19.7 Å². The van der Waals surface area contributed by atoms with Gasteiger partial charge in [0.1, 0.15) is 11.9 Å². The number of nitrogens with one attached hydrogen (secondary N) is 1. The zero-order valence-electron chi connectivity index (χ0n) is 14.7. The van der Waals surface area contributed by atoms with E-state index in [1.165, 1.54) is 19.1 Å². The number of nitrogens with zero attached hydrogens (tertiary/aromatic N) is 1. The highest BCUT2D eigenvalue weighted by molar-refractivity contribution is 5.85. The van der Waals surface area contributed by atoms with Crippen LogP contribution in [0, 0.1) is 5.92 Å². The van der Waals surface area contributed by atoms with Crippen LogP contribution >= 0.6 is 0 Å². The van der Waals surface area contributed by atoms with Crippen LogP contribution in [0.5, 0.6) is 0 Å². The van der Waals surface area contributed by atoms with Crippen molar-refractivity contribution in [2.24, 2.45) is 5.92 Å². The summed E-state index contributed by atoms with van der Waals surface area (Å²) in [4.78, 5) is 26.3. The van der Waals surface area contributed by atoms with Crippen LogP contribution in [0.15, 0.2) is 22.8 Å². The topological polar surface area (TPSA) is 82.8 Å². The Hall–Kier alpha value is -1.82. The van der Waals surface area contributed by atoms with E-state index >= 15 is 0 Å². The maximum atomic E-state index is 12.5. The first kappa shape index (κ1) is 18.0. The van der Waals surface area contributed by atoms with E-state index in [2.05, 4.69) is 5.32 Å². The van der Waals surface area contributed by atoms with E-state index in [0.717, 1.165) is 25.7 Å². The van der Waals surface area contributed by atoms with Crippen LogP contribution in [0.2, 0.25) is 0 Å². The first-order valence-corrected chi connectivity index (χ1v) is 9.41. The summed E-state index contributed by atoms with van der Waals surface area (Å²) < 4.78 is 5.23. The number of carbonyl (C=O) groups excluding carboxylic acids is 2. The monoisotopic (exact) mass is 348 g/mol. The van der Waals surface area contributed by atoms with Crippen molar-refractivity contribution in [3.8, 4) is 0 Å². The maximum Gasteiger partial charge on any atom is 0.242 e. The smallest absolute Gasteiger partial charge is 0.242 e. The number of likely N-dealkylation sites (tertiary alicyclic amines) is 1. The van der Waals surface area contributed by atoms with Crippen molar-refractivity contribution in [3.05, 3.63) is 24.2 Å². The van der Waals surface area contributed by atoms with Gasteiger partial charge in [-0.1, -0.05) is 12.8 Å². The summed E-state index contributed by atoms with van der Waals surface area (Å²) >= 11 is 0. The van der Waals surface area contributed by atoms with E-state index in [4.69, 9.17) is 4.42 Å². The van der Waals surface area contributed by atoms with Gasteiger partial charge in [0.2, 0.25) is 11.8 Å². The molecule has 2 heterocycles. The molecule has 1 saturated carbocycles. The van der Waals surface area contributed by atoms with Crippen molar-refractivity contribution in [2.45, 2.75) is 63.5 Å². The van der Waals surface area contributed by atoms with Crippen LogP contribution in [0.25, 0.3) is 0 Å². The fourth-order valence-corrected chi connectivity index (χ4v) is 4.09. The van der Waals surface area contributed by atoms with Gasteiger partial charge in [0, 0.05) is 25.4 Å². The quantitative estimate of drug-likeness (QED) is 0.792. The molecule has 2 fully saturated rings. The normalized spacial score (nSPS) is 22.3. The molecule has 2 N–H and O–H groups in total. The van der Waals surface area contributed by atoms with Crippen LogP contribution in [-0.2, 0) is 9.59 Å². The predicted molar refractivity (Wildman–Crippen MR) is 92.6 cm³/mol. The number of hydrogen-bond acceptors (Lipinski definition) is 4. The van der Waals surface area contributed by atoms with Crippen molar-refractivity contribution >= 4 is 11.8 Å². The SMILES string of the molecule is O=C(CC1CCCC1)NCC(=O)N1CCCC1CC(O)c1ccco1. The Morgan fingerprint density at radius 3 is 2.80 bits per heavy atom. The number of furan rings is 1. The molecule has 6 nitrogen and oxygen atoms in total. The van der Waals surface area contributed by atoms with Crippen molar-refractivity contribution in [2.75, 3.05) is 13.1 Å². The molecule has 6 heteroatoms. The van der Waals surface area contributed by atoms with Gasteiger partial charge in [0.25, 0.3) is 0 Å². The molecule has 2 amide bonds. The molecule has 0 radical (unpaired) electrons. The molecule has 2 aliphatic rings. The van der Waals surface area contributed by atoms with E-state index in [1.54, 1.807) is 17.0 Å². The molecule has 1 aromatic heterocycles. The third kappa shape index (κ3) is 4.84. The summed E-state index contributed by atoms with van der Waals surface area (Å²) in [7, 11) is 0. The van der Waals surface area contributed by atoms with Crippen LogP contribution in [0.1, 0.15) is 63.2 Å². The second kappa shape index (κ2) is 8.52. The molecule has 0 aromatic carbocycles. The van der Waals surface area contributed by atoms with Gasteiger partial charge in [0.05, 0.1) is 12.8 Å². The summed E-state index contributed by atoms with van der Waals surface area (Å²) in [6.07, 6.45) is 8.32. The van der Waals surface area contributed by atoms with Gasteiger partial charge >= 0.3 is 0 Å². The fraction of sp³-hybridized carbons (Fsp3) is 0.684. The van der Waals surface area contributed by atoms with E-state index in [9.17, 15) is 14.7 Å². The first-order chi connectivity index (χ1) is 12.1. The summed E-state index contributed by atoms with van der Waals surface area (Å²) in [5.41, 5.74) is 0. The van der Waals surface area contributed by atoms with Crippen molar-refractivity contribution in [3.63, 3.8) is 0 Å². The highest BCUT2D eigenvalue weighted by Crippen LogP contribution is 2.28. The zero-order valence-corrected chi connectivity index (χ0v) is 14.7. The molecule has 138 valence electrons. The Morgan fingerprint density at radius 2 is 2.08 bits per heavy atom. The maximum absolute atomic E-state index is 12.5. The third-order valence-electron chi connectivity index (χ3n) is 5.45. The molecule has 2 atom stereocenters. The Kier molecular flexibility index (Phi) is 6.13. The molecule has 1 aliphatic heterocycles. The lowest BCUT2D eigenvalue weighted by molar-refractivity contribution is -0.134. The van der Waals surface area contributed by atoms with Gasteiger partial charge in [-0.3, -0.25) is 9.59 Å². The lowest BCUT2D eigenvalue weighted by atomic mass is 10.0. The van der Waals surface area contributed by atoms with Gasteiger partial charge in [-0.05, 0) is 43.7 Å². The molecular weight excluding hydrogens is 320 g/mol. The zero-order chi connectivity index (χ0) is 17.6. The number of amides is 2. The van der Waals surface area contributed by atoms with E-state index in [0.29, 0.717) is 31.1 Å². The highest BCUT2D eigenvalue weighted by Gasteiger charge is 2.31. The Bertz CT molecular complexity index is 566. The molecule has 2 unspecified atom stereocenters. The summed E-state index contributed by atoms with van der Waals surface area (Å²) in [6.45, 7) is 0.742. The lowest BCUT2D eigenvalue weighted by Crippen LogP contribution is -2.43. The Balaban J connectivity index is 1.44. The van der Waals surface area contributed by atoms with Crippen molar-refractivity contribution in [1.82, 2.24) is 10.2 Å². The average molecular weight is 348 g/mol. The minimum Gasteiger partial charge on any atom is -0.467 e. The molecule has 1 saturated heterocycles. The number of carbonyl (C=O) groups is 2. The number of aliphatic hydroxyl groups excluding tert-OH is 1. The Morgan fingerprint density at radius 1 is 1.28 bits per heavy atom. The standard InChI is InChI=1S/C19H28N2O4/c22-16(17-8-4-10-25-17)12-15-7-3-9-21(15)19(24)13-20-18(23)11-14-5-1-2-6-14/h4,8,10,14-16,22H,1-3,5-7,9,11-13H2,(H,20,23). The molecule has 0 spiro atoms. The number of hydrogen-bond donors (Lipinski definition) is 2. The summed E-state index contributed by atoms with van der Waals surface area (Å²) in [6, 6.07) is 3.49. The van der Waals surface area contributed by atoms with Crippen molar-refractivity contribution in [1.29, 1.82) is 0 Å². The van der Waals surface area contributed by atoms with Crippen LogP contribution in [0.3, 0.4) is 0 Å². The van der Waals surface area contributed by atoms with Gasteiger partial charge in [0.15, 0.2) is 0 Å². The summed E-state index contributed by atoms with van der Waals surface area (Å²) in [5, 5.41) is 13.0. The van der Waals surface area contributed by atoms with Crippen molar-refractivity contribution < 1.29 is 19.1 Å². The van der Waals surface area contributed by atoms with Crippen LogP contribution in [-0.4, -0.2) is 41.0 Å². The molecule has 3 rings (SSSR count).